The first-order valence-electron chi connectivity index (χ1n) is 6.46. The van der Waals surface area contributed by atoms with Crippen LogP contribution in [0.4, 0.5) is 0 Å². The fourth-order valence-corrected chi connectivity index (χ4v) is 2.26. The number of para-hydroxylation sites is 1. The molecule has 1 atom stereocenters. The smallest absolute Gasteiger partial charge is 0.134 e. The lowest BCUT2D eigenvalue weighted by Crippen LogP contribution is -1.98. The lowest BCUT2D eigenvalue weighted by molar-refractivity contribution is 0.220. The van der Waals surface area contributed by atoms with Gasteiger partial charge in [0.25, 0.3) is 0 Å². The molecule has 1 unspecified atom stereocenters. The van der Waals surface area contributed by atoms with E-state index in [1.165, 1.54) is 0 Å². The van der Waals surface area contributed by atoms with Crippen LogP contribution >= 0.6 is 0 Å². The molecule has 1 aromatic carbocycles. The zero-order valence-electron chi connectivity index (χ0n) is 10.8. The Balaban J connectivity index is 1.96. The molecule has 0 amide bonds. The SMILES string of the molecule is CCCn1cc(C(O)c2coc3ccccc23)cn1. The number of aryl methyl sites for hydroxylation is 1. The number of aliphatic hydroxyl groups excluding tert-OH is 1. The molecule has 98 valence electrons. The summed E-state index contributed by atoms with van der Waals surface area (Å²) in [5.41, 5.74) is 2.36. The summed E-state index contributed by atoms with van der Waals surface area (Å²) in [6.07, 6.45) is 5.53. The highest BCUT2D eigenvalue weighted by Crippen LogP contribution is 2.30. The second-order valence-corrected chi connectivity index (χ2v) is 4.63. The first-order valence-corrected chi connectivity index (χ1v) is 6.46. The fourth-order valence-electron chi connectivity index (χ4n) is 2.26. The van der Waals surface area contributed by atoms with Gasteiger partial charge in [-0.1, -0.05) is 25.1 Å². The molecule has 0 spiro atoms. The Labute approximate surface area is 111 Å². The van der Waals surface area contributed by atoms with E-state index in [2.05, 4.69) is 12.0 Å². The summed E-state index contributed by atoms with van der Waals surface area (Å²) in [6.45, 7) is 2.96. The number of furan rings is 1. The van der Waals surface area contributed by atoms with Gasteiger partial charge < -0.3 is 9.52 Å². The summed E-state index contributed by atoms with van der Waals surface area (Å²) in [7, 11) is 0. The first kappa shape index (κ1) is 12.0. The predicted molar refractivity (Wildman–Crippen MR) is 72.8 cm³/mol. The van der Waals surface area contributed by atoms with Crippen LogP contribution in [0.15, 0.2) is 47.3 Å². The Hall–Kier alpha value is -2.07. The molecule has 0 aliphatic heterocycles. The lowest BCUT2D eigenvalue weighted by atomic mass is 10.0. The van der Waals surface area contributed by atoms with Crippen LogP contribution in [0.5, 0.6) is 0 Å². The number of nitrogens with zero attached hydrogens (tertiary/aromatic N) is 2. The van der Waals surface area contributed by atoms with Gasteiger partial charge in [0, 0.05) is 29.3 Å². The Morgan fingerprint density at radius 2 is 2.21 bits per heavy atom. The molecule has 0 fully saturated rings. The van der Waals surface area contributed by atoms with Gasteiger partial charge in [0.15, 0.2) is 0 Å². The summed E-state index contributed by atoms with van der Waals surface area (Å²) >= 11 is 0. The molecule has 2 aromatic heterocycles. The van der Waals surface area contributed by atoms with Gasteiger partial charge in [0.2, 0.25) is 0 Å². The highest BCUT2D eigenvalue weighted by Gasteiger charge is 2.17. The van der Waals surface area contributed by atoms with Crippen molar-refractivity contribution >= 4 is 11.0 Å². The quantitative estimate of drug-likeness (QED) is 0.780. The number of aromatic nitrogens is 2. The molecule has 4 heteroatoms. The molecule has 1 N–H and O–H groups in total. The van der Waals surface area contributed by atoms with Gasteiger partial charge in [-0.3, -0.25) is 4.68 Å². The third-order valence-electron chi connectivity index (χ3n) is 3.23. The third kappa shape index (κ3) is 2.15. The minimum absolute atomic E-state index is 0.700. The van der Waals surface area contributed by atoms with E-state index < -0.39 is 6.10 Å². The molecule has 0 radical (unpaired) electrons. The van der Waals surface area contributed by atoms with Crippen molar-refractivity contribution in [1.82, 2.24) is 9.78 Å². The highest BCUT2D eigenvalue weighted by atomic mass is 16.3. The second-order valence-electron chi connectivity index (χ2n) is 4.63. The van der Waals surface area contributed by atoms with E-state index >= 15 is 0 Å². The van der Waals surface area contributed by atoms with Crippen molar-refractivity contribution in [2.75, 3.05) is 0 Å². The van der Waals surface area contributed by atoms with Gasteiger partial charge in [0.05, 0.1) is 12.5 Å². The number of hydrogen-bond acceptors (Lipinski definition) is 3. The van der Waals surface area contributed by atoms with E-state index in [1.54, 1.807) is 12.5 Å². The first-order chi connectivity index (χ1) is 9.29. The van der Waals surface area contributed by atoms with Crippen LogP contribution in [0, 0.1) is 0 Å². The van der Waals surface area contributed by atoms with Crippen LogP contribution in [0.25, 0.3) is 11.0 Å². The number of hydrogen-bond donors (Lipinski definition) is 1. The molecule has 3 rings (SSSR count). The molecular weight excluding hydrogens is 240 g/mol. The zero-order valence-corrected chi connectivity index (χ0v) is 10.8. The maximum Gasteiger partial charge on any atom is 0.134 e. The Kier molecular flexibility index (Phi) is 3.09. The van der Waals surface area contributed by atoms with Crippen LogP contribution in [-0.2, 0) is 6.54 Å². The van der Waals surface area contributed by atoms with Gasteiger partial charge in [-0.25, -0.2) is 0 Å². The Morgan fingerprint density at radius 3 is 3.05 bits per heavy atom. The van der Waals surface area contributed by atoms with E-state index in [-0.39, 0.29) is 0 Å². The average molecular weight is 256 g/mol. The van der Waals surface area contributed by atoms with Gasteiger partial charge in [0.1, 0.15) is 11.7 Å². The summed E-state index contributed by atoms with van der Waals surface area (Å²) in [4.78, 5) is 0. The van der Waals surface area contributed by atoms with E-state index in [0.717, 1.165) is 35.1 Å². The number of rotatable bonds is 4. The Morgan fingerprint density at radius 1 is 1.37 bits per heavy atom. The largest absolute Gasteiger partial charge is 0.464 e. The van der Waals surface area contributed by atoms with Crippen molar-refractivity contribution in [2.45, 2.75) is 26.0 Å². The molecule has 0 bridgehead atoms. The topological polar surface area (TPSA) is 51.2 Å². The predicted octanol–water partition coefficient (Wildman–Crippen LogP) is 3.12. The average Bonchev–Trinajstić information content (AvgIpc) is 3.05. The second kappa shape index (κ2) is 4.90. The summed E-state index contributed by atoms with van der Waals surface area (Å²) in [5.74, 6) is 0. The monoisotopic (exact) mass is 256 g/mol. The lowest BCUT2D eigenvalue weighted by Gasteiger charge is -2.05. The minimum Gasteiger partial charge on any atom is -0.464 e. The van der Waals surface area contributed by atoms with E-state index in [9.17, 15) is 5.11 Å². The standard InChI is InChI=1S/C15H16N2O2/c1-2-7-17-9-11(8-16-17)15(18)13-10-19-14-6-4-3-5-12(13)14/h3-6,8-10,15,18H,2,7H2,1H3. The van der Waals surface area contributed by atoms with E-state index in [4.69, 9.17) is 4.42 Å². The van der Waals surface area contributed by atoms with Crippen LogP contribution in [0.3, 0.4) is 0 Å². The van der Waals surface area contributed by atoms with Crippen molar-refractivity contribution < 1.29 is 9.52 Å². The van der Waals surface area contributed by atoms with E-state index in [1.807, 2.05) is 35.1 Å². The van der Waals surface area contributed by atoms with Gasteiger partial charge >= 0.3 is 0 Å². The van der Waals surface area contributed by atoms with Crippen molar-refractivity contribution in [3.05, 3.63) is 54.0 Å². The van der Waals surface area contributed by atoms with Crippen molar-refractivity contribution in [1.29, 1.82) is 0 Å². The number of fused-ring (bicyclic) bond motifs is 1. The summed E-state index contributed by atoms with van der Waals surface area (Å²) in [5, 5.41) is 15.6. The van der Waals surface area contributed by atoms with Crippen molar-refractivity contribution in [2.24, 2.45) is 0 Å². The molecule has 0 aliphatic carbocycles. The third-order valence-corrected chi connectivity index (χ3v) is 3.23. The zero-order chi connectivity index (χ0) is 13.2. The summed E-state index contributed by atoms with van der Waals surface area (Å²) in [6, 6.07) is 7.70. The number of benzene rings is 1. The summed E-state index contributed by atoms with van der Waals surface area (Å²) < 4.78 is 7.31. The van der Waals surface area contributed by atoms with E-state index in [0.29, 0.717) is 0 Å². The van der Waals surface area contributed by atoms with Gasteiger partial charge in [-0.05, 0) is 12.5 Å². The molecule has 2 heterocycles. The molecular formula is C15H16N2O2. The molecule has 0 aliphatic rings. The Bertz CT molecular complexity index is 684. The van der Waals surface area contributed by atoms with Crippen molar-refractivity contribution in [3.63, 3.8) is 0 Å². The van der Waals surface area contributed by atoms with Gasteiger partial charge in [-0.2, -0.15) is 5.10 Å². The fraction of sp³-hybridized carbons (Fsp3) is 0.267. The maximum atomic E-state index is 10.4. The minimum atomic E-state index is -0.700. The van der Waals surface area contributed by atoms with Crippen LogP contribution in [0.2, 0.25) is 0 Å². The normalized spacial score (nSPS) is 12.9. The van der Waals surface area contributed by atoms with Crippen molar-refractivity contribution in [3.8, 4) is 0 Å². The molecule has 0 saturated carbocycles. The molecule has 3 aromatic rings. The van der Waals surface area contributed by atoms with Crippen LogP contribution in [0.1, 0.15) is 30.6 Å². The molecule has 0 saturated heterocycles. The number of aliphatic hydroxyl groups is 1. The van der Waals surface area contributed by atoms with Crippen LogP contribution < -0.4 is 0 Å². The maximum absolute atomic E-state index is 10.4. The molecule has 4 nitrogen and oxygen atoms in total. The van der Waals surface area contributed by atoms with Gasteiger partial charge in [-0.15, -0.1) is 0 Å². The molecule has 19 heavy (non-hydrogen) atoms. The highest BCUT2D eigenvalue weighted by molar-refractivity contribution is 5.81. The van der Waals surface area contributed by atoms with Crippen LogP contribution in [-0.4, -0.2) is 14.9 Å².